The molecule has 0 aliphatic carbocycles. The Balaban J connectivity index is 4.11. The summed E-state index contributed by atoms with van der Waals surface area (Å²) in [5.41, 5.74) is 0. The molecule has 11 heteroatoms. The van der Waals surface area contributed by atoms with Crippen molar-refractivity contribution in [3.8, 4) is 0 Å². The highest BCUT2D eigenvalue weighted by Gasteiger charge is 2.27. The Labute approximate surface area is 387 Å². The van der Waals surface area contributed by atoms with Crippen LogP contribution in [0, 0.1) is 0 Å². The van der Waals surface area contributed by atoms with Crippen LogP contribution in [0.15, 0.2) is 12.2 Å². The maximum atomic E-state index is 12.7. The van der Waals surface area contributed by atoms with Crippen LogP contribution in [-0.4, -0.2) is 65.7 Å². The molecule has 0 rings (SSSR count). The molecule has 0 aromatic carbocycles. The summed E-state index contributed by atoms with van der Waals surface area (Å²) in [6.07, 6.45) is 50.4. The fourth-order valence-corrected chi connectivity index (χ4v) is 8.60. The Hall–Kier alpha value is -1.29. The maximum Gasteiger partial charge on any atom is 0.472 e. The van der Waals surface area contributed by atoms with Crippen molar-refractivity contribution < 1.29 is 47.8 Å². The topological polar surface area (TPSA) is 149 Å². The largest absolute Gasteiger partial charge is 0.472 e. The minimum atomic E-state index is -4.62. The van der Waals surface area contributed by atoms with Crippen molar-refractivity contribution >= 4 is 19.8 Å². The van der Waals surface area contributed by atoms with Crippen molar-refractivity contribution in [3.05, 3.63) is 12.2 Å². The number of unbranched alkanes of at least 4 members (excludes halogenated alkanes) is 35. The first kappa shape index (κ1) is 61.7. The SMILES string of the molecule is CCCCCCCCC/C=C\CCCCCCCCCC(=O)OC(COC(=O)CCCCCCCCCCCCCCCCCCCCCCCC)COP(=O)(O)OCC(O)CO. The van der Waals surface area contributed by atoms with Crippen molar-refractivity contribution in [1.29, 1.82) is 0 Å². The summed E-state index contributed by atoms with van der Waals surface area (Å²) in [5, 5.41) is 18.4. The van der Waals surface area contributed by atoms with Gasteiger partial charge in [-0.1, -0.05) is 231 Å². The lowest BCUT2D eigenvalue weighted by atomic mass is 10.0. The van der Waals surface area contributed by atoms with Crippen LogP contribution >= 0.6 is 7.82 Å². The van der Waals surface area contributed by atoms with E-state index in [4.69, 9.17) is 23.6 Å². The average Bonchev–Trinajstić information content (AvgIpc) is 3.27. The zero-order valence-corrected chi connectivity index (χ0v) is 42.0. The molecule has 0 amide bonds. The van der Waals surface area contributed by atoms with Gasteiger partial charge in [-0.15, -0.1) is 0 Å². The van der Waals surface area contributed by atoms with Gasteiger partial charge in [0.15, 0.2) is 6.10 Å². The standard InChI is InChI=1S/C52H101O10P/c1-3-5-7-9-11-13-15-17-19-21-23-24-25-26-28-29-31-33-35-37-39-41-43-51(55)59-47-50(48-61-63(57,58)60-46-49(54)45-53)62-52(56)44-42-40-38-36-34-32-30-27-22-20-18-16-14-12-10-8-6-4-2/h20,22,49-50,53-54H,3-19,21,23-48H2,1-2H3,(H,57,58)/b22-20-. The van der Waals surface area contributed by atoms with Gasteiger partial charge in [0.05, 0.1) is 19.8 Å². The number of hydrogen-bond donors (Lipinski definition) is 3. The average molecular weight is 917 g/mol. The summed E-state index contributed by atoms with van der Waals surface area (Å²) >= 11 is 0. The highest BCUT2D eigenvalue weighted by molar-refractivity contribution is 7.47. The number of esters is 2. The van der Waals surface area contributed by atoms with Gasteiger partial charge in [-0.05, 0) is 38.5 Å². The molecule has 0 spiro atoms. The van der Waals surface area contributed by atoms with Gasteiger partial charge in [0.2, 0.25) is 0 Å². The van der Waals surface area contributed by atoms with E-state index in [1.54, 1.807) is 0 Å². The zero-order valence-electron chi connectivity index (χ0n) is 41.1. The second kappa shape index (κ2) is 48.6. The summed E-state index contributed by atoms with van der Waals surface area (Å²) in [6.45, 7) is 2.44. The Bertz CT molecular complexity index is 1060. The van der Waals surface area contributed by atoms with E-state index in [1.807, 2.05) is 0 Å². The maximum absolute atomic E-state index is 12.7. The molecule has 3 atom stereocenters. The molecule has 3 N–H and O–H groups in total. The first-order chi connectivity index (χ1) is 30.7. The Morgan fingerprint density at radius 1 is 0.460 bits per heavy atom. The molecule has 0 saturated heterocycles. The third-order valence-electron chi connectivity index (χ3n) is 11.9. The van der Waals surface area contributed by atoms with Gasteiger partial charge >= 0.3 is 19.8 Å². The second-order valence-electron chi connectivity index (χ2n) is 18.3. The number of carbonyl (C=O) groups is 2. The highest BCUT2D eigenvalue weighted by atomic mass is 31.2. The lowest BCUT2D eigenvalue weighted by molar-refractivity contribution is -0.161. The van der Waals surface area contributed by atoms with Gasteiger partial charge in [-0.25, -0.2) is 4.57 Å². The van der Waals surface area contributed by atoms with Crippen LogP contribution in [0.4, 0.5) is 0 Å². The van der Waals surface area contributed by atoms with E-state index in [1.165, 1.54) is 193 Å². The summed E-state index contributed by atoms with van der Waals surface area (Å²) in [7, 11) is -4.62. The molecule has 63 heavy (non-hydrogen) atoms. The fraction of sp³-hybridized carbons (Fsp3) is 0.923. The van der Waals surface area contributed by atoms with Gasteiger partial charge in [0, 0.05) is 12.8 Å². The van der Waals surface area contributed by atoms with Crippen LogP contribution in [0.2, 0.25) is 0 Å². The van der Waals surface area contributed by atoms with Crippen LogP contribution in [0.1, 0.15) is 271 Å². The zero-order chi connectivity index (χ0) is 46.2. The van der Waals surface area contributed by atoms with E-state index >= 15 is 0 Å². The molecule has 0 aliphatic rings. The van der Waals surface area contributed by atoms with E-state index in [9.17, 15) is 24.2 Å². The van der Waals surface area contributed by atoms with Crippen molar-refractivity contribution in [2.75, 3.05) is 26.4 Å². The Morgan fingerprint density at radius 2 is 0.778 bits per heavy atom. The Kier molecular flexibility index (Phi) is 47.6. The van der Waals surface area contributed by atoms with Crippen LogP contribution < -0.4 is 0 Å². The molecule has 0 radical (unpaired) electrons. The van der Waals surface area contributed by atoms with E-state index in [0.717, 1.165) is 38.5 Å². The first-order valence-corrected chi connectivity index (χ1v) is 28.1. The third-order valence-corrected chi connectivity index (χ3v) is 12.9. The fourth-order valence-electron chi connectivity index (χ4n) is 7.82. The Morgan fingerprint density at radius 3 is 1.14 bits per heavy atom. The van der Waals surface area contributed by atoms with E-state index in [0.29, 0.717) is 12.8 Å². The molecule has 0 aliphatic heterocycles. The molecule has 3 unspecified atom stereocenters. The third kappa shape index (κ3) is 48.5. The summed E-state index contributed by atoms with van der Waals surface area (Å²) in [6, 6.07) is 0. The van der Waals surface area contributed by atoms with Gasteiger partial charge in [0.1, 0.15) is 12.7 Å². The number of hydrogen-bond acceptors (Lipinski definition) is 9. The molecule has 10 nitrogen and oxygen atoms in total. The smallest absolute Gasteiger partial charge is 0.462 e. The van der Waals surface area contributed by atoms with Gasteiger partial charge in [-0.2, -0.15) is 0 Å². The summed E-state index contributed by atoms with van der Waals surface area (Å²) in [4.78, 5) is 35.2. The van der Waals surface area contributed by atoms with Crippen molar-refractivity contribution in [3.63, 3.8) is 0 Å². The number of ether oxygens (including phenoxy) is 2. The number of phosphoric acid groups is 1. The van der Waals surface area contributed by atoms with Crippen molar-refractivity contribution in [1.82, 2.24) is 0 Å². The molecule has 0 heterocycles. The number of aliphatic hydroxyl groups excluding tert-OH is 2. The molecular weight excluding hydrogens is 816 g/mol. The van der Waals surface area contributed by atoms with Crippen LogP contribution in [-0.2, 0) is 32.7 Å². The van der Waals surface area contributed by atoms with Gasteiger partial charge in [-0.3, -0.25) is 18.6 Å². The van der Waals surface area contributed by atoms with E-state index in [2.05, 4.69) is 26.0 Å². The predicted octanol–water partition coefficient (Wildman–Crippen LogP) is 15.1. The van der Waals surface area contributed by atoms with Crippen LogP contribution in [0.25, 0.3) is 0 Å². The lowest BCUT2D eigenvalue weighted by Crippen LogP contribution is -2.29. The molecule has 0 aromatic heterocycles. The van der Waals surface area contributed by atoms with E-state index in [-0.39, 0.29) is 19.4 Å². The molecule has 0 bridgehead atoms. The van der Waals surface area contributed by atoms with Crippen LogP contribution in [0.5, 0.6) is 0 Å². The second-order valence-corrected chi connectivity index (χ2v) is 19.7. The minimum Gasteiger partial charge on any atom is -0.462 e. The van der Waals surface area contributed by atoms with E-state index < -0.39 is 51.8 Å². The number of carbonyl (C=O) groups excluding carboxylic acids is 2. The molecular formula is C52H101O10P. The van der Waals surface area contributed by atoms with Crippen LogP contribution in [0.3, 0.4) is 0 Å². The monoisotopic (exact) mass is 917 g/mol. The van der Waals surface area contributed by atoms with Crippen molar-refractivity contribution in [2.24, 2.45) is 0 Å². The summed E-state index contributed by atoms with van der Waals surface area (Å²) in [5.74, 6) is -0.912. The number of allylic oxidation sites excluding steroid dienone is 2. The highest BCUT2D eigenvalue weighted by Crippen LogP contribution is 2.43. The molecule has 0 fully saturated rings. The molecule has 0 saturated carbocycles. The number of phosphoric ester groups is 1. The van der Waals surface area contributed by atoms with Gasteiger partial charge in [0.25, 0.3) is 0 Å². The predicted molar refractivity (Wildman–Crippen MR) is 261 cm³/mol. The first-order valence-electron chi connectivity index (χ1n) is 26.6. The number of rotatable bonds is 51. The minimum absolute atomic E-state index is 0.184. The van der Waals surface area contributed by atoms with Crippen molar-refractivity contribution in [2.45, 2.75) is 283 Å². The quantitative estimate of drug-likeness (QED) is 0.0233. The normalized spacial score (nSPS) is 13.7. The molecule has 0 aromatic rings. The lowest BCUT2D eigenvalue weighted by Gasteiger charge is -2.20. The molecule has 374 valence electrons. The number of aliphatic hydroxyl groups is 2. The van der Waals surface area contributed by atoms with Gasteiger partial charge < -0.3 is 24.6 Å². The summed E-state index contributed by atoms with van der Waals surface area (Å²) < 4.78 is 32.9.